The van der Waals surface area contributed by atoms with Crippen LogP contribution in [-0.4, -0.2) is 44.2 Å². The molecule has 0 bridgehead atoms. The first-order valence-corrected chi connectivity index (χ1v) is 22.8. The molecule has 0 aliphatic heterocycles. The van der Waals surface area contributed by atoms with Gasteiger partial charge in [-0.1, -0.05) is 0 Å². The summed E-state index contributed by atoms with van der Waals surface area (Å²) in [6.07, 6.45) is 8.84. The predicted octanol–water partition coefficient (Wildman–Crippen LogP) is 6.26. The first-order chi connectivity index (χ1) is 12.7. The van der Waals surface area contributed by atoms with Crippen molar-refractivity contribution in [2.75, 3.05) is 13.1 Å². The third-order valence-corrected chi connectivity index (χ3v) is 10.9. The van der Waals surface area contributed by atoms with Crippen LogP contribution in [0.5, 0.6) is 0 Å². The summed E-state index contributed by atoms with van der Waals surface area (Å²) >= 11 is -2.14. The average Bonchev–Trinajstić information content (AvgIpc) is 2.59. The van der Waals surface area contributed by atoms with E-state index in [1.807, 2.05) is 24.3 Å². The van der Waals surface area contributed by atoms with Crippen LogP contribution >= 0.6 is 0 Å². The maximum atomic E-state index is 13.5. The number of hydrogen-bond donors (Lipinski definition) is 0. The normalized spacial score (nSPS) is 12.7. The fourth-order valence-corrected chi connectivity index (χ4v) is 9.64. The molecule has 1 aromatic carbocycles. The summed E-state index contributed by atoms with van der Waals surface area (Å²) in [6, 6.07) is 7.72. The van der Waals surface area contributed by atoms with Crippen molar-refractivity contribution in [1.82, 2.24) is 4.31 Å². The van der Waals surface area contributed by atoms with Crippen LogP contribution in [-0.2, 0) is 14.5 Å². The van der Waals surface area contributed by atoms with Gasteiger partial charge in [-0.2, -0.15) is 0 Å². The van der Waals surface area contributed by atoms with E-state index in [2.05, 4.69) is 28.7 Å². The van der Waals surface area contributed by atoms with Gasteiger partial charge in [0.15, 0.2) is 0 Å². The second-order valence-corrected chi connectivity index (χ2v) is 26.4. The second kappa shape index (κ2) is 12.5. The van der Waals surface area contributed by atoms with Crippen LogP contribution in [0, 0.1) is 0 Å². The van der Waals surface area contributed by atoms with Crippen molar-refractivity contribution in [3.05, 3.63) is 29.8 Å². The van der Waals surface area contributed by atoms with Crippen LogP contribution in [0.1, 0.15) is 70.8 Å². The van der Waals surface area contributed by atoms with Crippen LogP contribution < -0.4 is 0 Å². The molecule has 0 saturated heterocycles. The third kappa shape index (κ3) is 9.31. The molecule has 156 valence electrons. The summed E-state index contributed by atoms with van der Waals surface area (Å²) in [5, 5.41) is 0. The van der Waals surface area contributed by atoms with Crippen LogP contribution in [0.4, 0.5) is 0 Å². The number of unbranched alkanes of at least 4 members (excludes halogenated alkanes) is 6. The van der Waals surface area contributed by atoms with E-state index < -0.39 is 28.4 Å². The van der Waals surface area contributed by atoms with E-state index in [1.54, 1.807) is 4.31 Å². The number of sulfonamides is 1. The topological polar surface area (TPSA) is 37.4 Å². The molecular formula is C22H41NO2SSn. The molecule has 3 nitrogen and oxygen atoms in total. The van der Waals surface area contributed by atoms with Gasteiger partial charge in [-0.15, -0.1) is 0 Å². The zero-order valence-corrected chi connectivity index (χ0v) is 21.9. The summed E-state index contributed by atoms with van der Waals surface area (Å²) in [6.45, 7) is 5.69. The Hall–Kier alpha value is -0.0713. The first kappa shape index (κ1) is 25.0. The van der Waals surface area contributed by atoms with Crippen LogP contribution in [0.25, 0.3) is 0 Å². The Morgan fingerprint density at radius 2 is 1.33 bits per heavy atom. The Kier molecular flexibility index (Phi) is 11.5. The van der Waals surface area contributed by atoms with Gasteiger partial charge in [0.05, 0.1) is 0 Å². The van der Waals surface area contributed by atoms with E-state index in [1.165, 1.54) is 25.7 Å². The fourth-order valence-electron chi connectivity index (χ4n) is 3.39. The molecule has 5 heteroatoms. The van der Waals surface area contributed by atoms with E-state index in [9.17, 15) is 8.42 Å². The van der Waals surface area contributed by atoms with E-state index in [0.29, 0.717) is 18.0 Å². The van der Waals surface area contributed by atoms with Crippen LogP contribution in [0.15, 0.2) is 29.2 Å². The van der Waals surface area contributed by atoms with E-state index >= 15 is 0 Å². The molecule has 27 heavy (non-hydrogen) atoms. The molecule has 1 aromatic rings. The predicted molar refractivity (Wildman–Crippen MR) is 121 cm³/mol. The minimum absolute atomic E-state index is 0.558. The monoisotopic (exact) mass is 503 g/mol. The van der Waals surface area contributed by atoms with Crippen molar-refractivity contribution in [2.24, 2.45) is 0 Å². The molecule has 0 aliphatic rings. The first-order valence-electron chi connectivity index (χ1n) is 10.8. The zero-order valence-electron chi connectivity index (χ0n) is 18.3. The standard InChI is InChI=1S/C19H32NO2S.3CH3.Sn/c1-4-6-8-12-16-20(17-13-9-7-5-2)23(21,22)19-15-11-10-14-18(19)3;;;;/h10-11,14-15H,3-9,12-13,16-17H2,1-2H3;3*1H3;. The SMILES string of the molecule is CCCCCCN(CCCCCC)S(=O)(=O)c1ccccc1[CH2][Sn]([CH3])([CH3])[CH3]. The van der Waals surface area contributed by atoms with Crippen LogP contribution in [0.3, 0.4) is 0 Å². The minimum atomic E-state index is -3.41. The van der Waals surface area contributed by atoms with Gasteiger partial charge in [-0.25, -0.2) is 0 Å². The molecule has 0 unspecified atom stereocenters. The number of rotatable bonds is 14. The van der Waals surface area contributed by atoms with Gasteiger partial charge in [-0.3, -0.25) is 0 Å². The van der Waals surface area contributed by atoms with Gasteiger partial charge in [0.1, 0.15) is 0 Å². The Bertz CT molecular complexity index is 626. The molecule has 1 rings (SSSR count). The van der Waals surface area contributed by atoms with Gasteiger partial charge >= 0.3 is 173 Å². The molecule has 0 saturated carbocycles. The molecule has 0 atom stereocenters. The molecule has 0 N–H and O–H groups in total. The van der Waals surface area contributed by atoms with Crippen molar-refractivity contribution in [2.45, 2.75) is 89.4 Å². The fraction of sp³-hybridized carbons (Fsp3) is 0.727. The maximum absolute atomic E-state index is 13.5. The van der Waals surface area contributed by atoms with E-state index in [4.69, 9.17) is 0 Å². The third-order valence-electron chi connectivity index (χ3n) is 4.83. The Balaban J connectivity index is 3.03. The van der Waals surface area contributed by atoms with Crippen molar-refractivity contribution >= 4 is 28.4 Å². The second-order valence-electron chi connectivity index (χ2n) is 8.87. The summed E-state index contributed by atoms with van der Waals surface area (Å²) in [4.78, 5) is 7.66. The molecule has 0 radical (unpaired) electrons. The van der Waals surface area contributed by atoms with Gasteiger partial charge in [0.25, 0.3) is 0 Å². The molecule has 0 aromatic heterocycles. The quantitative estimate of drug-likeness (QED) is 0.223. The Morgan fingerprint density at radius 1 is 0.815 bits per heavy atom. The van der Waals surface area contributed by atoms with Crippen molar-refractivity contribution < 1.29 is 8.42 Å². The molecule has 0 aliphatic carbocycles. The molecule has 0 amide bonds. The zero-order chi connectivity index (χ0) is 20.3. The Morgan fingerprint density at radius 3 is 1.81 bits per heavy atom. The summed E-state index contributed by atoms with van der Waals surface area (Å²) < 4.78 is 29.8. The van der Waals surface area contributed by atoms with Gasteiger partial charge in [0.2, 0.25) is 0 Å². The molecule has 0 fully saturated rings. The van der Waals surface area contributed by atoms with Gasteiger partial charge < -0.3 is 0 Å². The summed E-state index contributed by atoms with van der Waals surface area (Å²) in [5.74, 6) is 0. The number of nitrogens with zero attached hydrogens (tertiary/aromatic N) is 1. The average molecular weight is 502 g/mol. The van der Waals surface area contributed by atoms with E-state index in [-0.39, 0.29) is 0 Å². The Labute approximate surface area is 172 Å². The van der Waals surface area contributed by atoms with E-state index in [0.717, 1.165) is 35.7 Å². The molecule has 0 spiro atoms. The van der Waals surface area contributed by atoms with Crippen molar-refractivity contribution in [1.29, 1.82) is 0 Å². The van der Waals surface area contributed by atoms with Crippen molar-refractivity contribution in [3.8, 4) is 0 Å². The van der Waals surface area contributed by atoms with Crippen molar-refractivity contribution in [3.63, 3.8) is 0 Å². The number of hydrogen-bond acceptors (Lipinski definition) is 2. The summed E-state index contributed by atoms with van der Waals surface area (Å²) in [5.41, 5.74) is 1.04. The molecule has 0 heterocycles. The number of benzene rings is 1. The van der Waals surface area contributed by atoms with Crippen LogP contribution in [0.2, 0.25) is 14.8 Å². The molecular weight excluding hydrogens is 461 g/mol. The van der Waals surface area contributed by atoms with Gasteiger partial charge in [0, 0.05) is 0 Å². The van der Waals surface area contributed by atoms with Gasteiger partial charge in [-0.05, 0) is 0 Å². The summed E-state index contributed by atoms with van der Waals surface area (Å²) in [7, 11) is -3.41.